The Kier molecular flexibility index (Phi) is 4.08. The quantitative estimate of drug-likeness (QED) is 0.677. The van der Waals surface area contributed by atoms with Crippen LogP contribution in [0, 0.1) is 5.82 Å². The fraction of sp³-hybridized carbons (Fsp3) is 0.0625. The molecular formula is C16H12BrFN2O2S. The van der Waals surface area contributed by atoms with E-state index in [1.54, 1.807) is 47.3 Å². The van der Waals surface area contributed by atoms with E-state index in [2.05, 4.69) is 20.9 Å². The number of hydrogen-bond donors (Lipinski definition) is 0. The van der Waals surface area contributed by atoms with Crippen molar-refractivity contribution in [1.82, 2.24) is 9.55 Å². The van der Waals surface area contributed by atoms with Gasteiger partial charge in [-0.25, -0.2) is 17.8 Å². The second-order valence-corrected chi connectivity index (χ2v) is 7.79. The maximum absolute atomic E-state index is 13.1. The van der Waals surface area contributed by atoms with Crippen LogP contribution < -0.4 is 0 Å². The summed E-state index contributed by atoms with van der Waals surface area (Å²) < 4.78 is 38.6. The molecule has 7 heteroatoms. The Morgan fingerprint density at radius 1 is 1.04 bits per heavy atom. The first-order chi connectivity index (χ1) is 10.9. The Labute approximate surface area is 141 Å². The van der Waals surface area contributed by atoms with Crippen LogP contribution in [0.4, 0.5) is 4.39 Å². The van der Waals surface area contributed by atoms with Gasteiger partial charge in [0.2, 0.25) is 0 Å². The zero-order valence-electron chi connectivity index (χ0n) is 12.1. The Hall–Kier alpha value is -1.99. The second kappa shape index (κ2) is 5.90. The fourth-order valence-corrected chi connectivity index (χ4v) is 3.38. The van der Waals surface area contributed by atoms with Gasteiger partial charge in [-0.1, -0.05) is 12.1 Å². The largest absolute Gasteiger partial charge is 0.298 e. The number of rotatable bonds is 3. The first-order valence-corrected chi connectivity index (χ1v) is 9.34. The van der Waals surface area contributed by atoms with E-state index in [9.17, 15) is 12.8 Å². The highest BCUT2D eigenvalue weighted by atomic mass is 79.9. The highest BCUT2D eigenvalue weighted by Gasteiger charge is 2.14. The number of benzene rings is 2. The SMILES string of the molecule is CS(=O)(=O)c1ccc(-c2c(Br)ncn2-c2ccc(F)cc2)cc1. The van der Waals surface area contributed by atoms with Crippen LogP contribution in [-0.4, -0.2) is 24.2 Å². The molecule has 0 unspecified atom stereocenters. The summed E-state index contributed by atoms with van der Waals surface area (Å²) in [5.74, 6) is -0.313. The lowest BCUT2D eigenvalue weighted by molar-refractivity contribution is 0.602. The average molecular weight is 395 g/mol. The normalized spacial score (nSPS) is 11.6. The molecule has 0 spiro atoms. The molecule has 0 fully saturated rings. The van der Waals surface area contributed by atoms with Crippen molar-refractivity contribution in [3.05, 3.63) is 65.3 Å². The molecule has 118 valence electrons. The van der Waals surface area contributed by atoms with E-state index in [0.29, 0.717) is 4.60 Å². The van der Waals surface area contributed by atoms with Crippen molar-refractivity contribution in [3.8, 4) is 16.9 Å². The predicted molar refractivity (Wildman–Crippen MR) is 89.8 cm³/mol. The first kappa shape index (κ1) is 15.9. The van der Waals surface area contributed by atoms with Gasteiger partial charge in [0.25, 0.3) is 0 Å². The highest BCUT2D eigenvalue weighted by Crippen LogP contribution is 2.30. The molecule has 23 heavy (non-hydrogen) atoms. The molecule has 0 aliphatic heterocycles. The van der Waals surface area contributed by atoms with E-state index in [1.165, 1.54) is 18.4 Å². The molecule has 0 saturated carbocycles. The van der Waals surface area contributed by atoms with E-state index in [-0.39, 0.29) is 10.7 Å². The Bertz CT molecular complexity index is 949. The standard InChI is InChI=1S/C16H12BrFN2O2S/c1-23(21,22)14-8-2-11(3-9-14)15-16(17)19-10-20(15)13-6-4-12(18)5-7-13/h2-10H,1H3. The van der Waals surface area contributed by atoms with Crippen molar-refractivity contribution in [2.45, 2.75) is 4.90 Å². The molecule has 0 N–H and O–H groups in total. The molecule has 0 saturated heterocycles. The van der Waals surface area contributed by atoms with E-state index >= 15 is 0 Å². The van der Waals surface area contributed by atoms with E-state index in [1.807, 2.05) is 0 Å². The van der Waals surface area contributed by atoms with Gasteiger partial charge in [-0.2, -0.15) is 0 Å². The molecule has 2 aromatic carbocycles. The number of imidazole rings is 1. The molecule has 0 radical (unpaired) electrons. The van der Waals surface area contributed by atoms with Gasteiger partial charge < -0.3 is 0 Å². The summed E-state index contributed by atoms with van der Waals surface area (Å²) in [5, 5.41) is 0. The maximum Gasteiger partial charge on any atom is 0.175 e. The van der Waals surface area contributed by atoms with Gasteiger partial charge in [-0.05, 0) is 52.3 Å². The topological polar surface area (TPSA) is 52.0 Å². The molecule has 0 amide bonds. The summed E-state index contributed by atoms with van der Waals surface area (Å²) in [6, 6.07) is 12.6. The van der Waals surface area contributed by atoms with Crippen molar-refractivity contribution >= 4 is 25.8 Å². The van der Waals surface area contributed by atoms with Crippen molar-refractivity contribution < 1.29 is 12.8 Å². The minimum Gasteiger partial charge on any atom is -0.298 e. The third kappa shape index (κ3) is 3.20. The van der Waals surface area contributed by atoms with Crippen molar-refractivity contribution in [1.29, 1.82) is 0 Å². The third-order valence-corrected chi connectivity index (χ3v) is 5.09. The third-order valence-electron chi connectivity index (χ3n) is 3.38. The van der Waals surface area contributed by atoms with Gasteiger partial charge in [0.15, 0.2) is 9.84 Å². The van der Waals surface area contributed by atoms with Crippen LogP contribution in [-0.2, 0) is 9.84 Å². The number of halogens is 2. The molecule has 1 aromatic heterocycles. The molecule has 3 aromatic rings. The Morgan fingerprint density at radius 3 is 2.22 bits per heavy atom. The lowest BCUT2D eigenvalue weighted by Crippen LogP contribution is -1.98. The summed E-state index contributed by atoms with van der Waals surface area (Å²) in [7, 11) is -3.24. The summed E-state index contributed by atoms with van der Waals surface area (Å²) in [6.07, 6.45) is 2.79. The van der Waals surface area contributed by atoms with Crippen LogP contribution in [0.15, 0.2) is 64.4 Å². The van der Waals surface area contributed by atoms with Crippen LogP contribution in [0.25, 0.3) is 16.9 Å². The van der Waals surface area contributed by atoms with Gasteiger partial charge in [0.1, 0.15) is 16.7 Å². The molecule has 4 nitrogen and oxygen atoms in total. The van der Waals surface area contributed by atoms with Crippen LogP contribution in [0.1, 0.15) is 0 Å². The number of nitrogens with zero attached hydrogens (tertiary/aromatic N) is 2. The van der Waals surface area contributed by atoms with Crippen LogP contribution in [0.5, 0.6) is 0 Å². The smallest absolute Gasteiger partial charge is 0.175 e. The zero-order chi connectivity index (χ0) is 16.6. The summed E-state index contributed by atoms with van der Waals surface area (Å²) in [6.45, 7) is 0. The minimum absolute atomic E-state index is 0.255. The van der Waals surface area contributed by atoms with Gasteiger partial charge in [-0.3, -0.25) is 4.57 Å². The van der Waals surface area contributed by atoms with E-state index < -0.39 is 9.84 Å². The number of hydrogen-bond acceptors (Lipinski definition) is 3. The van der Waals surface area contributed by atoms with E-state index in [4.69, 9.17) is 0 Å². The Morgan fingerprint density at radius 2 is 1.65 bits per heavy atom. The van der Waals surface area contributed by atoms with Crippen molar-refractivity contribution in [3.63, 3.8) is 0 Å². The molecule has 0 bridgehead atoms. The summed E-state index contributed by atoms with van der Waals surface area (Å²) >= 11 is 3.40. The zero-order valence-corrected chi connectivity index (χ0v) is 14.5. The maximum atomic E-state index is 13.1. The minimum atomic E-state index is -3.24. The summed E-state index contributed by atoms with van der Waals surface area (Å²) in [5.41, 5.74) is 2.31. The summed E-state index contributed by atoms with van der Waals surface area (Å²) in [4.78, 5) is 4.49. The fourth-order valence-electron chi connectivity index (χ4n) is 2.24. The predicted octanol–water partition coefficient (Wildman–Crippen LogP) is 3.84. The lowest BCUT2D eigenvalue weighted by atomic mass is 10.1. The average Bonchev–Trinajstić information content (AvgIpc) is 2.89. The monoisotopic (exact) mass is 394 g/mol. The van der Waals surface area contributed by atoms with Gasteiger partial charge >= 0.3 is 0 Å². The molecule has 1 heterocycles. The Balaban J connectivity index is 2.10. The molecule has 3 rings (SSSR count). The molecule has 0 aliphatic rings. The molecule has 0 aliphatic carbocycles. The van der Waals surface area contributed by atoms with E-state index in [0.717, 1.165) is 16.9 Å². The first-order valence-electron chi connectivity index (χ1n) is 6.65. The number of aromatic nitrogens is 2. The number of sulfone groups is 1. The van der Waals surface area contributed by atoms with Crippen LogP contribution >= 0.6 is 15.9 Å². The van der Waals surface area contributed by atoms with Gasteiger partial charge in [-0.15, -0.1) is 0 Å². The highest BCUT2D eigenvalue weighted by molar-refractivity contribution is 9.10. The molecule has 0 atom stereocenters. The van der Waals surface area contributed by atoms with Crippen molar-refractivity contribution in [2.75, 3.05) is 6.26 Å². The van der Waals surface area contributed by atoms with Crippen molar-refractivity contribution in [2.24, 2.45) is 0 Å². The van der Waals surface area contributed by atoms with Gasteiger partial charge in [0, 0.05) is 17.5 Å². The lowest BCUT2D eigenvalue weighted by Gasteiger charge is -2.09. The second-order valence-electron chi connectivity index (χ2n) is 5.03. The van der Waals surface area contributed by atoms with Crippen LogP contribution in [0.2, 0.25) is 0 Å². The molecular weight excluding hydrogens is 383 g/mol. The van der Waals surface area contributed by atoms with Gasteiger partial charge in [0.05, 0.1) is 10.6 Å². The van der Waals surface area contributed by atoms with Crippen LogP contribution in [0.3, 0.4) is 0 Å².